The third-order valence-corrected chi connectivity index (χ3v) is 2.66. The first kappa shape index (κ1) is 21.3. The molecule has 12 heteroatoms. The minimum atomic E-state index is -1.54. The van der Waals surface area contributed by atoms with E-state index in [1.54, 1.807) is 0 Å². The Morgan fingerprint density at radius 1 is 1.00 bits per heavy atom. The van der Waals surface area contributed by atoms with E-state index in [0.29, 0.717) is 0 Å². The van der Waals surface area contributed by atoms with Crippen molar-refractivity contribution in [3.63, 3.8) is 0 Å². The standard InChI is InChI=1S/C12H20N4O8/c1-5(13)10(21)16-6(2-9(19)20)11(22)14-3-8(18)15-7(4-17)12(23)24/h5-7,17H,2-4,13H2,1H3,(H,14,22)(H,15,18)(H,16,21)(H,19,20)(H,23,24). The molecule has 0 saturated heterocycles. The Morgan fingerprint density at radius 3 is 2.00 bits per heavy atom. The van der Waals surface area contributed by atoms with E-state index >= 15 is 0 Å². The van der Waals surface area contributed by atoms with Crippen LogP contribution in [0.5, 0.6) is 0 Å². The molecule has 0 aliphatic carbocycles. The molecular formula is C12H20N4O8. The molecular weight excluding hydrogens is 328 g/mol. The number of rotatable bonds is 10. The molecule has 0 bridgehead atoms. The van der Waals surface area contributed by atoms with Crippen LogP contribution in [0.25, 0.3) is 0 Å². The van der Waals surface area contributed by atoms with Gasteiger partial charge < -0.3 is 37.0 Å². The van der Waals surface area contributed by atoms with Gasteiger partial charge in [0.25, 0.3) is 0 Å². The van der Waals surface area contributed by atoms with Gasteiger partial charge >= 0.3 is 11.9 Å². The number of nitrogens with two attached hydrogens (primary N) is 1. The van der Waals surface area contributed by atoms with Crippen molar-refractivity contribution < 1.29 is 39.3 Å². The molecule has 136 valence electrons. The van der Waals surface area contributed by atoms with Crippen molar-refractivity contribution in [2.24, 2.45) is 5.73 Å². The molecule has 0 radical (unpaired) electrons. The van der Waals surface area contributed by atoms with E-state index < -0.39 is 67.4 Å². The van der Waals surface area contributed by atoms with Crippen LogP contribution < -0.4 is 21.7 Å². The molecule has 0 rings (SSSR count). The highest BCUT2D eigenvalue weighted by atomic mass is 16.4. The van der Waals surface area contributed by atoms with Crippen LogP contribution in [0, 0.1) is 0 Å². The second-order valence-corrected chi connectivity index (χ2v) is 4.81. The second-order valence-electron chi connectivity index (χ2n) is 4.81. The maximum absolute atomic E-state index is 11.9. The van der Waals surface area contributed by atoms with Crippen molar-refractivity contribution in [1.29, 1.82) is 0 Å². The van der Waals surface area contributed by atoms with E-state index in [1.807, 2.05) is 5.32 Å². The van der Waals surface area contributed by atoms with Crippen LogP contribution in [0.3, 0.4) is 0 Å². The summed E-state index contributed by atoms with van der Waals surface area (Å²) in [6.07, 6.45) is -0.736. The molecule has 24 heavy (non-hydrogen) atoms. The summed E-state index contributed by atoms with van der Waals surface area (Å²) in [6, 6.07) is -3.97. The van der Waals surface area contributed by atoms with Gasteiger partial charge in [-0.3, -0.25) is 19.2 Å². The number of carboxylic acid groups (broad SMARTS) is 2. The van der Waals surface area contributed by atoms with Crippen LogP contribution in [0.2, 0.25) is 0 Å². The van der Waals surface area contributed by atoms with E-state index in [0.717, 1.165) is 0 Å². The highest BCUT2D eigenvalue weighted by Gasteiger charge is 2.25. The Morgan fingerprint density at radius 2 is 1.58 bits per heavy atom. The van der Waals surface area contributed by atoms with E-state index in [1.165, 1.54) is 6.92 Å². The highest BCUT2D eigenvalue weighted by molar-refractivity contribution is 5.94. The first-order chi connectivity index (χ1) is 11.1. The predicted molar refractivity (Wildman–Crippen MR) is 77.5 cm³/mol. The smallest absolute Gasteiger partial charge is 0.328 e. The van der Waals surface area contributed by atoms with Gasteiger partial charge in [0, 0.05) is 0 Å². The van der Waals surface area contributed by atoms with E-state index in [-0.39, 0.29) is 0 Å². The number of nitrogens with one attached hydrogen (secondary N) is 3. The van der Waals surface area contributed by atoms with Crippen molar-refractivity contribution >= 4 is 29.7 Å². The van der Waals surface area contributed by atoms with Crippen LogP contribution in [-0.2, 0) is 24.0 Å². The quantitative estimate of drug-likeness (QED) is 0.205. The van der Waals surface area contributed by atoms with Crippen LogP contribution in [0.15, 0.2) is 0 Å². The lowest BCUT2D eigenvalue weighted by Gasteiger charge is -2.18. The number of amides is 3. The molecule has 8 N–H and O–H groups in total. The Bertz CT molecular complexity index is 507. The average Bonchev–Trinajstić information content (AvgIpc) is 2.48. The van der Waals surface area contributed by atoms with Crippen LogP contribution in [0.4, 0.5) is 0 Å². The largest absolute Gasteiger partial charge is 0.481 e. The minimum absolute atomic E-state index is 0.674. The van der Waals surface area contributed by atoms with Gasteiger partial charge in [0.2, 0.25) is 17.7 Å². The van der Waals surface area contributed by atoms with Crippen molar-refractivity contribution in [3.05, 3.63) is 0 Å². The number of hydrogen-bond acceptors (Lipinski definition) is 7. The molecule has 0 aromatic heterocycles. The van der Waals surface area contributed by atoms with Gasteiger partial charge in [-0.05, 0) is 6.92 Å². The molecule has 0 aromatic rings. The minimum Gasteiger partial charge on any atom is -0.481 e. The topological polar surface area (TPSA) is 208 Å². The van der Waals surface area contributed by atoms with E-state index in [9.17, 15) is 24.0 Å². The van der Waals surface area contributed by atoms with E-state index in [4.69, 9.17) is 21.1 Å². The molecule has 12 nitrogen and oxygen atoms in total. The second kappa shape index (κ2) is 10.1. The fourth-order valence-electron chi connectivity index (χ4n) is 1.41. The van der Waals surface area contributed by atoms with Crippen molar-refractivity contribution in [3.8, 4) is 0 Å². The van der Waals surface area contributed by atoms with Crippen molar-refractivity contribution in [1.82, 2.24) is 16.0 Å². The lowest BCUT2D eigenvalue weighted by Crippen LogP contribution is -2.53. The number of aliphatic hydroxyl groups excluding tert-OH is 1. The first-order valence-corrected chi connectivity index (χ1v) is 6.77. The Hall–Kier alpha value is -2.73. The number of carbonyl (C=O) groups excluding carboxylic acids is 3. The van der Waals surface area contributed by atoms with Crippen molar-refractivity contribution in [2.75, 3.05) is 13.2 Å². The van der Waals surface area contributed by atoms with Gasteiger partial charge in [0.15, 0.2) is 0 Å². The molecule has 3 amide bonds. The van der Waals surface area contributed by atoms with Gasteiger partial charge in [-0.2, -0.15) is 0 Å². The predicted octanol–water partition coefficient (Wildman–Crippen LogP) is -4.03. The number of hydrogen-bond donors (Lipinski definition) is 7. The molecule has 0 aromatic carbocycles. The molecule has 0 saturated carbocycles. The lowest BCUT2D eigenvalue weighted by atomic mass is 10.1. The van der Waals surface area contributed by atoms with Crippen LogP contribution >= 0.6 is 0 Å². The molecule has 0 aliphatic heterocycles. The fourth-order valence-corrected chi connectivity index (χ4v) is 1.41. The maximum atomic E-state index is 11.9. The van der Waals surface area contributed by atoms with Crippen LogP contribution in [-0.4, -0.2) is 76.3 Å². The van der Waals surface area contributed by atoms with E-state index in [2.05, 4.69) is 10.6 Å². The highest BCUT2D eigenvalue weighted by Crippen LogP contribution is 1.94. The summed E-state index contributed by atoms with van der Waals surface area (Å²) < 4.78 is 0. The Kier molecular flexibility index (Phi) is 8.97. The summed E-state index contributed by atoms with van der Waals surface area (Å²) in [5.41, 5.74) is 5.30. The zero-order valence-corrected chi connectivity index (χ0v) is 12.8. The average molecular weight is 348 g/mol. The summed E-state index contributed by atoms with van der Waals surface area (Å²) in [6.45, 7) is -0.187. The van der Waals surface area contributed by atoms with Gasteiger partial charge in [0.05, 0.1) is 25.6 Å². The monoisotopic (exact) mass is 348 g/mol. The van der Waals surface area contributed by atoms with Crippen molar-refractivity contribution in [2.45, 2.75) is 31.5 Å². The summed E-state index contributed by atoms with van der Waals surface area (Å²) in [5, 5.41) is 32.3. The third kappa shape index (κ3) is 8.05. The molecule has 0 heterocycles. The summed E-state index contributed by atoms with van der Waals surface area (Å²) >= 11 is 0. The Balaban J connectivity index is 4.65. The third-order valence-electron chi connectivity index (χ3n) is 2.66. The Labute approximate surface area is 136 Å². The summed E-state index contributed by atoms with van der Waals surface area (Å²) in [5.74, 6) is -5.47. The van der Waals surface area contributed by atoms with Gasteiger partial charge in [-0.1, -0.05) is 0 Å². The molecule has 0 fully saturated rings. The lowest BCUT2D eigenvalue weighted by molar-refractivity contribution is -0.143. The molecule has 0 spiro atoms. The summed E-state index contributed by atoms with van der Waals surface area (Å²) in [7, 11) is 0. The number of carbonyl (C=O) groups is 5. The zero-order chi connectivity index (χ0) is 18.9. The molecule has 3 unspecified atom stereocenters. The normalized spacial score (nSPS) is 14.0. The number of aliphatic hydroxyl groups is 1. The van der Waals surface area contributed by atoms with Crippen LogP contribution in [0.1, 0.15) is 13.3 Å². The zero-order valence-electron chi connectivity index (χ0n) is 12.8. The SMILES string of the molecule is CC(N)C(=O)NC(CC(=O)O)C(=O)NCC(=O)NC(CO)C(=O)O. The van der Waals surface area contributed by atoms with Gasteiger partial charge in [0.1, 0.15) is 12.1 Å². The number of aliphatic carboxylic acids is 2. The van der Waals surface area contributed by atoms with Gasteiger partial charge in [-0.15, -0.1) is 0 Å². The maximum Gasteiger partial charge on any atom is 0.328 e. The van der Waals surface area contributed by atoms with Gasteiger partial charge in [-0.25, -0.2) is 4.79 Å². The first-order valence-electron chi connectivity index (χ1n) is 6.77. The molecule has 3 atom stereocenters. The summed E-state index contributed by atoms with van der Waals surface area (Å²) in [4.78, 5) is 56.1. The fraction of sp³-hybridized carbons (Fsp3) is 0.583. The molecule has 0 aliphatic rings. The number of carboxylic acids is 2.